The van der Waals surface area contributed by atoms with Gasteiger partial charge >= 0.3 is 18.0 Å². The van der Waals surface area contributed by atoms with E-state index >= 15 is 0 Å². The summed E-state index contributed by atoms with van der Waals surface area (Å²) in [5.74, 6) is -1.02. The molecule has 1 amide bonds. The number of nitrogens with one attached hydrogen (secondary N) is 1. The van der Waals surface area contributed by atoms with Crippen molar-refractivity contribution in [2.45, 2.75) is 84.5 Å². The van der Waals surface area contributed by atoms with E-state index in [-0.39, 0.29) is 26.1 Å². The Kier molecular flexibility index (Phi) is 11.6. The van der Waals surface area contributed by atoms with E-state index in [1.165, 1.54) is 0 Å². The summed E-state index contributed by atoms with van der Waals surface area (Å²) >= 11 is 0. The molecule has 1 rings (SSSR count). The van der Waals surface area contributed by atoms with Gasteiger partial charge < -0.3 is 19.5 Å². The highest BCUT2D eigenvalue weighted by molar-refractivity contribution is 5.82. The molecule has 0 saturated heterocycles. The Morgan fingerprint density at radius 3 is 2.33 bits per heavy atom. The fourth-order valence-corrected chi connectivity index (χ4v) is 2.61. The zero-order valence-electron chi connectivity index (χ0n) is 18.6. The van der Waals surface area contributed by atoms with Gasteiger partial charge in [0.15, 0.2) is 0 Å². The number of esters is 2. The predicted molar refractivity (Wildman–Crippen MR) is 114 cm³/mol. The molecule has 0 saturated carbocycles. The second kappa shape index (κ2) is 13.6. The molecule has 0 unspecified atom stereocenters. The van der Waals surface area contributed by atoms with Crippen LogP contribution in [0.2, 0.25) is 0 Å². The quantitative estimate of drug-likeness (QED) is 0.303. The van der Waals surface area contributed by atoms with Gasteiger partial charge in [0.1, 0.15) is 18.2 Å². The first-order valence-electron chi connectivity index (χ1n) is 10.6. The standard InChI is InChI=1S/C23H35NO6/c1-5-6-7-11-16-28-21(26)19(14-15-20(25)30-23(2,3)4)24-22(27)29-17-18-12-9-8-10-13-18/h8-10,12-13,19H,5-7,11,14-17H2,1-4H3,(H,24,27)/t19-/m0/s1. The number of alkyl carbamates (subject to hydrolysis) is 1. The van der Waals surface area contributed by atoms with Gasteiger partial charge in [-0.3, -0.25) is 4.79 Å². The van der Waals surface area contributed by atoms with Crippen LogP contribution in [0.15, 0.2) is 30.3 Å². The lowest BCUT2D eigenvalue weighted by molar-refractivity contribution is -0.155. The maximum Gasteiger partial charge on any atom is 0.408 e. The molecule has 0 fully saturated rings. The molecule has 7 heteroatoms. The summed E-state index contributed by atoms with van der Waals surface area (Å²) in [5.41, 5.74) is 0.213. The fraction of sp³-hybridized carbons (Fsp3) is 0.609. The summed E-state index contributed by atoms with van der Waals surface area (Å²) in [4.78, 5) is 36.6. The minimum absolute atomic E-state index is 0.0220. The van der Waals surface area contributed by atoms with Crippen molar-refractivity contribution < 1.29 is 28.6 Å². The SMILES string of the molecule is CCCCCCOC(=O)[C@H](CCC(=O)OC(C)(C)C)NC(=O)OCc1ccccc1. The third kappa shape index (κ3) is 12.1. The summed E-state index contributed by atoms with van der Waals surface area (Å²) in [6.45, 7) is 7.77. The highest BCUT2D eigenvalue weighted by Gasteiger charge is 2.25. The van der Waals surface area contributed by atoms with Gasteiger partial charge in [-0.2, -0.15) is 0 Å². The molecule has 0 aliphatic heterocycles. The van der Waals surface area contributed by atoms with Crippen LogP contribution in [0.3, 0.4) is 0 Å². The molecule has 1 atom stereocenters. The third-order valence-corrected chi connectivity index (χ3v) is 4.09. The lowest BCUT2D eigenvalue weighted by Crippen LogP contribution is -2.42. The number of benzene rings is 1. The second-order valence-electron chi connectivity index (χ2n) is 8.11. The van der Waals surface area contributed by atoms with Crippen LogP contribution in [0.1, 0.15) is 71.8 Å². The number of hydrogen-bond acceptors (Lipinski definition) is 6. The van der Waals surface area contributed by atoms with Crippen LogP contribution >= 0.6 is 0 Å². The lowest BCUT2D eigenvalue weighted by atomic mass is 10.1. The van der Waals surface area contributed by atoms with E-state index in [1.807, 2.05) is 30.3 Å². The topological polar surface area (TPSA) is 90.9 Å². The number of ether oxygens (including phenoxy) is 3. The lowest BCUT2D eigenvalue weighted by Gasteiger charge is -2.21. The molecule has 1 N–H and O–H groups in total. The van der Waals surface area contributed by atoms with E-state index in [1.54, 1.807) is 20.8 Å². The van der Waals surface area contributed by atoms with E-state index in [0.717, 1.165) is 31.2 Å². The fourth-order valence-electron chi connectivity index (χ4n) is 2.61. The number of carbonyl (C=O) groups is 3. The number of amides is 1. The molecule has 7 nitrogen and oxygen atoms in total. The normalized spacial score (nSPS) is 12.0. The Hall–Kier alpha value is -2.57. The molecule has 0 radical (unpaired) electrons. The van der Waals surface area contributed by atoms with Crippen LogP contribution in [-0.2, 0) is 30.4 Å². The molecule has 1 aromatic carbocycles. The van der Waals surface area contributed by atoms with Crippen molar-refractivity contribution in [2.75, 3.05) is 6.61 Å². The maximum atomic E-state index is 12.4. The van der Waals surface area contributed by atoms with Gasteiger partial charge in [0.25, 0.3) is 0 Å². The van der Waals surface area contributed by atoms with E-state index in [9.17, 15) is 14.4 Å². The molecule has 0 bridgehead atoms. The molecule has 0 aliphatic rings. The molecule has 0 aromatic heterocycles. The molecule has 0 heterocycles. The van der Waals surface area contributed by atoms with Crippen molar-refractivity contribution >= 4 is 18.0 Å². The molecule has 0 aliphatic carbocycles. The van der Waals surface area contributed by atoms with Crippen LogP contribution in [0.25, 0.3) is 0 Å². The molecule has 168 valence electrons. The van der Waals surface area contributed by atoms with Crippen LogP contribution in [0, 0.1) is 0 Å². The average Bonchev–Trinajstić information content (AvgIpc) is 2.68. The zero-order valence-corrected chi connectivity index (χ0v) is 18.6. The average molecular weight is 422 g/mol. The Balaban J connectivity index is 2.57. The smallest absolute Gasteiger partial charge is 0.408 e. The van der Waals surface area contributed by atoms with Crippen molar-refractivity contribution in [2.24, 2.45) is 0 Å². The van der Waals surface area contributed by atoms with Crippen LogP contribution in [0.4, 0.5) is 4.79 Å². The molecular formula is C23H35NO6. The molecule has 30 heavy (non-hydrogen) atoms. The van der Waals surface area contributed by atoms with Crippen molar-refractivity contribution in [3.05, 3.63) is 35.9 Å². The highest BCUT2D eigenvalue weighted by atomic mass is 16.6. The van der Waals surface area contributed by atoms with E-state index in [0.29, 0.717) is 0 Å². The van der Waals surface area contributed by atoms with Crippen molar-refractivity contribution in [1.82, 2.24) is 5.32 Å². The summed E-state index contributed by atoms with van der Waals surface area (Å²) in [6, 6.07) is 8.24. The molecule has 0 spiro atoms. The summed E-state index contributed by atoms with van der Waals surface area (Å²) in [6.07, 6.45) is 3.20. The van der Waals surface area contributed by atoms with Gasteiger partial charge in [-0.15, -0.1) is 0 Å². The Morgan fingerprint density at radius 2 is 1.70 bits per heavy atom. The second-order valence-corrected chi connectivity index (χ2v) is 8.11. The van der Waals surface area contributed by atoms with Crippen LogP contribution < -0.4 is 5.32 Å². The highest BCUT2D eigenvalue weighted by Crippen LogP contribution is 2.11. The first-order valence-corrected chi connectivity index (χ1v) is 10.6. The Labute approximate surface area is 179 Å². The van der Waals surface area contributed by atoms with E-state index < -0.39 is 29.7 Å². The van der Waals surface area contributed by atoms with E-state index in [4.69, 9.17) is 14.2 Å². The van der Waals surface area contributed by atoms with Gasteiger partial charge in [0.05, 0.1) is 6.61 Å². The van der Waals surface area contributed by atoms with Gasteiger partial charge in [0.2, 0.25) is 0 Å². The monoisotopic (exact) mass is 421 g/mol. The van der Waals surface area contributed by atoms with Gasteiger partial charge in [0, 0.05) is 6.42 Å². The number of carbonyl (C=O) groups excluding carboxylic acids is 3. The van der Waals surface area contributed by atoms with Crippen molar-refractivity contribution in [3.8, 4) is 0 Å². The molecular weight excluding hydrogens is 386 g/mol. The van der Waals surface area contributed by atoms with Gasteiger partial charge in [-0.1, -0.05) is 56.5 Å². The van der Waals surface area contributed by atoms with Crippen molar-refractivity contribution in [1.29, 1.82) is 0 Å². The Morgan fingerprint density at radius 1 is 1.00 bits per heavy atom. The summed E-state index contributed by atoms with van der Waals surface area (Å²) < 4.78 is 15.7. The van der Waals surface area contributed by atoms with Gasteiger partial charge in [-0.05, 0) is 39.2 Å². The minimum atomic E-state index is -0.980. The maximum absolute atomic E-state index is 12.4. The largest absolute Gasteiger partial charge is 0.464 e. The number of rotatable bonds is 12. The predicted octanol–water partition coefficient (Wildman–Crippen LogP) is 4.53. The summed E-state index contributed by atoms with van der Waals surface area (Å²) in [7, 11) is 0. The van der Waals surface area contributed by atoms with Crippen LogP contribution in [0.5, 0.6) is 0 Å². The number of unbranched alkanes of at least 4 members (excludes halogenated alkanes) is 3. The first kappa shape index (κ1) is 25.5. The number of hydrogen-bond donors (Lipinski definition) is 1. The van der Waals surface area contributed by atoms with E-state index in [2.05, 4.69) is 12.2 Å². The third-order valence-electron chi connectivity index (χ3n) is 4.09. The first-order chi connectivity index (χ1) is 14.2. The van der Waals surface area contributed by atoms with Crippen molar-refractivity contribution in [3.63, 3.8) is 0 Å². The Bertz CT molecular complexity index is 653. The zero-order chi connectivity index (χ0) is 22.4. The summed E-state index contributed by atoms with van der Waals surface area (Å²) in [5, 5.41) is 2.51. The van der Waals surface area contributed by atoms with Gasteiger partial charge in [-0.25, -0.2) is 9.59 Å². The minimum Gasteiger partial charge on any atom is -0.464 e. The molecule has 1 aromatic rings. The van der Waals surface area contributed by atoms with Crippen LogP contribution in [-0.4, -0.2) is 36.3 Å².